The van der Waals surface area contributed by atoms with Crippen molar-refractivity contribution < 1.29 is 41.0 Å². The van der Waals surface area contributed by atoms with E-state index in [1.54, 1.807) is 12.1 Å². The monoisotopic (exact) mass is 472 g/mol. The zero-order valence-electron chi connectivity index (χ0n) is 16.4. The molecule has 3 heterocycles. The second kappa shape index (κ2) is 8.20. The van der Waals surface area contributed by atoms with Gasteiger partial charge in [-0.2, -0.15) is 22.0 Å². The molecule has 2 N–H and O–H groups in total. The van der Waals surface area contributed by atoms with Crippen LogP contribution >= 0.6 is 0 Å². The number of carbonyl (C=O) groups excluding carboxylic acids is 1. The first-order chi connectivity index (χ1) is 15.6. The summed E-state index contributed by atoms with van der Waals surface area (Å²) in [4.78, 5) is 24.2. The first kappa shape index (κ1) is 22.3. The highest BCUT2D eigenvalue weighted by molar-refractivity contribution is 5.79. The molecule has 9 nitrogen and oxygen atoms in total. The number of fused-ring (bicyclic) bond motifs is 2. The lowest BCUT2D eigenvalue weighted by Gasteiger charge is -2.10. The smallest absolute Gasteiger partial charge is 0.454 e. The fourth-order valence-corrected chi connectivity index (χ4v) is 3.06. The van der Waals surface area contributed by atoms with Gasteiger partial charge in [0.25, 0.3) is 6.08 Å². The fraction of sp³-hybridized carbons (Fsp3) is 0.211. The van der Waals surface area contributed by atoms with Gasteiger partial charge in [-0.3, -0.25) is 0 Å². The zero-order chi connectivity index (χ0) is 23.9. The molecule has 0 bridgehead atoms. The molecule has 0 saturated carbocycles. The summed E-state index contributed by atoms with van der Waals surface area (Å²) < 4.78 is 80.4. The van der Waals surface area contributed by atoms with Crippen molar-refractivity contribution in [3.63, 3.8) is 0 Å². The van der Waals surface area contributed by atoms with Gasteiger partial charge in [-0.15, -0.1) is 5.10 Å². The predicted octanol–water partition coefficient (Wildman–Crippen LogP) is 2.47. The highest BCUT2D eigenvalue weighted by atomic mass is 19.4. The molecule has 0 aliphatic carbocycles. The van der Waals surface area contributed by atoms with Gasteiger partial charge in [0, 0.05) is 18.2 Å². The van der Waals surface area contributed by atoms with Crippen LogP contribution in [0.5, 0.6) is 17.4 Å². The molecule has 1 aliphatic heterocycles. The maximum absolute atomic E-state index is 13.0. The van der Waals surface area contributed by atoms with Crippen LogP contribution < -0.4 is 25.6 Å². The number of halogens is 5. The Labute approximate surface area is 180 Å². The van der Waals surface area contributed by atoms with Gasteiger partial charge < -0.3 is 19.9 Å². The number of esters is 1. The number of ether oxygens (including phenoxy) is 3. The number of rotatable bonds is 5. The maximum atomic E-state index is 13.0. The zero-order valence-corrected chi connectivity index (χ0v) is 16.4. The van der Waals surface area contributed by atoms with Crippen LogP contribution in [0.1, 0.15) is 0 Å². The van der Waals surface area contributed by atoms with Gasteiger partial charge in [0.1, 0.15) is 0 Å². The molecule has 4 rings (SSSR count). The number of nitrogens with two attached hydrogens (primary N) is 1. The summed E-state index contributed by atoms with van der Waals surface area (Å²) in [5.41, 5.74) is 3.89. The Morgan fingerprint density at radius 1 is 1.12 bits per heavy atom. The van der Waals surface area contributed by atoms with Gasteiger partial charge in [-0.25, -0.2) is 18.7 Å². The summed E-state index contributed by atoms with van der Waals surface area (Å²) in [6.07, 6.45) is -7.47. The summed E-state index contributed by atoms with van der Waals surface area (Å²) in [5, 5.41) is 3.89. The molecule has 1 aromatic carbocycles. The van der Waals surface area contributed by atoms with Crippen molar-refractivity contribution in [3.8, 4) is 28.5 Å². The van der Waals surface area contributed by atoms with Gasteiger partial charge in [-0.1, -0.05) is 6.07 Å². The van der Waals surface area contributed by atoms with E-state index in [1.165, 1.54) is 12.1 Å². The van der Waals surface area contributed by atoms with E-state index in [0.29, 0.717) is 26.1 Å². The Morgan fingerprint density at radius 3 is 2.52 bits per heavy atom. The summed E-state index contributed by atoms with van der Waals surface area (Å²) in [7, 11) is 0. The maximum Gasteiger partial charge on any atom is 0.491 e. The third-order valence-corrected chi connectivity index (χ3v) is 4.64. The molecule has 1 aliphatic rings. The average Bonchev–Trinajstić information content (AvgIpc) is 3.34. The van der Waals surface area contributed by atoms with Crippen molar-refractivity contribution in [1.29, 1.82) is 0 Å². The minimum atomic E-state index is -5.35. The number of aromatic nitrogens is 3. The molecular weight excluding hydrogens is 459 g/mol. The number of hydrogen-bond acceptors (Lipinski definition) is 7. The molecule has 0 saturated heterocycles. The lowest BCUT2D eigenvalue weighted by Crippen LogP contribution is -2.30. The van der Waals surface area contributed by atoms with E-state index in [0.717, 1.165) is 6.07 Å². The van der Waals surface area contributed by atoms with Gasteiger partial charge in [0.15, 0.2) is 17.1 Å². The highest BCUT2D eigenvalue weighted by Gasteiger charge is 2.42. The molecule has 0 amide bonds. The van der Waals surface area contributed by atoms with Crippen molar-refractivity contribution in [1.82, 2.24) is 14.2 Å². The third-order valence-electron chi connectivity index (χ3n) is 4.64. The predicted molar refractivity (Wildman–Crippen MR) is 101 cm³/mol. The molecule has 33 heavy (non-hydrogen) atoms. The standard InChI is InChI=1S/C19H13F5N4O5/c20-16(21)11(6-25)7-27-18(30)28-14(26-27)4-10(5-15(28)33-17(29)19(22,23)24)9-1-2-12-13(3-9)32-8-31-12/h1-5H,6-8,25H2. The average molecular weight is 472 g/mol. The molecule has 174 valence electrons. The minimum absolute atomic E-state index is 0.0197. The normalized spacial score (nSPS) is 12.8. The highest BCUT2D eigenvalue weighted by Crippen LogP contribution is 2.37. The number of carbonyl (C=O) groups is 1. The lowest BCUT2D eigenvalue weighted by atomic mass is 10.1. The Bertz CT molecular complexity index is 1340. The van der Waals surface area contributed by atoms with Crippen LogP contribution in [0.2, 0.25) is 0 Å². The Balaban J connectivity index is 1.88. The number of alkyl halides is 3. The molecule has 0 atom stereocenters. The van der Waals surface area contributed by atoms with Crippen LogP contribution in [-0.4, -0.2) is 39.7 Å². The van der Waals surface area contributed by atoms with E-state index in [2.05, 4.69) is 9.84 Å². The number of nitrogens with zero attached hydrogens (tertiary/aromatic N) is 3. The quantitative estimate of drug-likeness (QED) is 0.449. The Kier molecular flexibility index (Phi) is 5.53. The number of benzene rings is 1. The molecule has 0 unspecified atom stereocenters. The lowest BCUT2D eigenvalue weighted by molar-refractivity contribution is -0.190. The number of pyridine rings is 1. The summed E-state index contributed by atoms with van der Waals surface area (Å²) in [5.74, 6) is -2.58. The third kappa shape index (κ3) is 4.24. The molecule has 3 aromatic rings. The first-order valence-corrected chi connectivity index (χ1v) is 9.14. The molecule has 0 spiro atoms. The van der Waals surface area contributed by atoms with Crippen molar-refractivity contribution >= 4 is 11.6 Å². The van der Waals surface area contributed by atoms with Crippen molar-refractivity contribution in [2.24, 2.45) is 5.73 Å². The molecule has 2 aromatic heterocycles. The largest absolute Gasteiger partial charge is 0.491 e. The van der Waals surface area contributed by atoms with Crippen LogP contribution in [-0.2, 0) is 11.3 Å². The summed E-state index contributed by atoms with van der Waals surface area (Å²) in [6, 6.07) is 6.94. The second-order valence-corrected chi connectivity index (χ2v) is 6.74. The van der Waals surface area contributed by atoms with E-state index in [-0.39, 0.29) is 18.0 Å². The van der Waals surface area contributed by atoms with Crippen LogP contribution in [0.3, 0.4) is 0 Å². The SMILES string of the molecule is NCC(Cn1nc2cc(-c3ccc4c(c3)OCO4)cc(OC(=O)C(F)(F)F)n2c1=O)=C(F)F. The molecule has 0 radical (unpaired) electrons. The van der Waals surface area contributed by atoms with E-state index >= 15 is 0 Å². The van der Waals surface area contributed by atoms with Gasteiger partial charge in [0.05, 0.1) is 6.54 Å². The first-order valence-electron chi connectivity index (χ1n) is 9.14. The van der Waals surface area contributed by atoms with E-state index in [9.17, 15) is 31.5 Å². The van der Waals surface area contributed by atoms with Crippen LogP contribution in [0.4, 0.5) is 22.0 Å². The van der Waals surface area contributed by atoms with Crippen LogP contribution in [0.15, 0.2) is 46.8 Å². The van der Waals surface area contributed by atoms with E-state index < -0.39 is 48.5 Å². The van der Waals surface area contributed by atoms with E-state index in [1.807, 2.05) is 0 Å². The van der Waals surface area contributed by atoms with Gasteiger partial charge in [-0.05, 0) is 29.3 Å². The second-order valence-electron chi connectivity index (χ2n) is 6.74. The fourth-order valence-electron chi connectivity index (χ4n) is 3.06. The number of hydrogen-bond donors (Lipinski definition) is 1. The van der Waals surface area contributed by atoms with Crippen molar-refractivity contribution in [2.45, 2.75) is 12.7 Å². The molecular formula is C19H13F5N4O5. The van der Waals surface area contributed by atoms with Crippen molar-refractivity contribution in [3.05, 3.63) is 52.5 Å². The van der Waals surface area contributed by atoms with Crippen LogP contribution in [0, 0.1) is 0 Å². The Hall–Kier alpha value is -3.94. The Morgan fingerprint density at radius 2 is 1.85 bits per heavy atom. The molecule has 0 fully saturated rings. The summed E-state index contributed by atoms with van der Waals surface area (Å²) in [6.45, 7) is -1.32. The van der Waals surface area contributed by atoms with E-state index in [4.69, 9.17) is 15.2 Å². The van der Waals surface area contributed by atoms with Crippen LogP contribution in [0.25, 0.3) is 16.8 Å². The topological polar surface area (TPSA) is 110 Å². The van der Waals surface area contributed by atoms with Gasteiger partial charge >= 0.3 is 17.8 Å². The minimum Gasteiger partial charge on any atom is -0.454 e. The van der Waals surface area contributed by atoms with Gasteiger partial charge in [0.2, 0.25) is 12.7 Å². The molecule has 14 heteroatoms. The van der Waals surface area contributed by atoms with Crippen molar-refractivity contribution in [2.75, 3.05) is 13.3 Å². The summed E-state index contributed by atoms with van der Waals surface area (Å²) >= 11 is 0.